The largest absolute Gasteiger partial charge is 0.381 e. The van der Waals surface area contributed by atoms with E-state index < -0.39 is 5.60 Å². The van der Waals surface area contributed by atoms with Crippen molar-refractivity contribution in [2.45, 2.75) is 18.6 Å². The first-order valence-electron chi connectivity index (χ1n) is 8.09. The second-order valence-corrected chi connectivity index (χ2v) is 6.25. The van der Waals surface area contributed by atoms with E-state index in [1.54, 1.807) is 12.3 Å². The lowest BCUT2D eigenvalue weighted by atomic mass is 10.00. The van der Waals surface area contributed by atoms with Crippen molar-refractivity contribution in [3.8, 4) is 0 Å². The minimum Gasteiger partial charge on any atom is -0.381 e. The van der Waals surface area contributed by atoms with Crippen molar-refractivity contribution in [3.05, 3.63) is 70.4 Å². The Hall–Kier alpha value is -3.00. The molecule has 1 aliphatic rings. The zero-order chi connectivity index (χ0) is 17.3. The third-order valence-corrected chi connectivity index (χ3v) is 4.54. The van der Waals surface area contributed by atoms with Crippen molar-refractivity contribution < 1.29 is 5.11 Å². The molecule has 1 aromatic carbocycles. The van der Waals surface area contributed by atoms with Crippen LogP contribution in [0, 0.1) is 0 Å². The highest BCUT2D eigenvalue weighted by atomic mass is 16.3. The van der Waals surface area contributed by atoms with Crippen LogP contribution in [0.4, 0.5) is 5.69 Å². The van der Waals surface area contributed by atoms with E-state index in [1.165, 1.54) is 10.9 Å². The number of hydrogen-bond acceptors (Lipinski definition) is 6. The average Bonchev–Trinajstić information content (AvgIpc) is 3.28. The third kappa shape index (κ3) is 3.03. The van der Waals surface area contributed by atoms with Gasteiger partial charge in [-0.3, -0.25) is 4.79 Å². The topological polar surface area (TPSA) is 99.9 Å². The van der Waals surface area contributed by atoms with E-state index in [-0.39, 0.29) is 5.56 Å². The third-order valence-electron chi connectivity index (χ3n) is 4.54. The molecule has 0 saturated carbocycles. The highest BCUT2D eigenvalue weighted by molar-refractivity contribution is 5.45. The second-order valence-electron chi connectivity index (χ2n) is 6.25. The number of aromatic amines is 1. The lowest BCUT2D eigenvalue weighted by molar-refractivity contribution is 0.0560. The number of aromatic nitrogens is 5. The summed E-state index contributed by atoms with van der Waals surface area (Å²) < 4.78 is 1.43. The molecule has 1 atom stereocenters. The number of nitrogens with one attached hydrogen (secondary N) is 1. The Morgan fingerprint density at radius 1 is 1.24 bits per heavy atom. The molecule has 8 heteroatoms. The van der Waals surface area contributed by atoms with Crippen molar-refractivity contribution in [1.82, 2.24) is 25.2 Å². The van der Waals surface area contributed by atoms with Crippen LogP contribution in [0.3, 0.4) is 0 Å². The summed E-state index contributed by atoms with van der Waals surface area (Å²) in [6.45, 7) is 1.40. The minimum atomic E-state index is -1.06. The summed E-state index contributed by atoms with van der Waals surface area (Å²) in [6.07, 6.45) is 3.71. The molecule has 128 valence electrons. The van der Waals surface area contributed by atoms with Gasteiger partial charge in [0.15, 0.2) is 0 Å². The van der Waals surface area contributed by atoms with Crippen molar-refractivity contribution >= 4 is 5.69 Å². The molecule has 2 aromatic heterocycles. The van der Waals surface area contributed by atoms with Crippen molar-refractivity contribution in [1.29, 1.82) is 0 Å². The molecule has 1 saturated heterocycles. The van der Waals surface area contributed by atoms with Gasteiger partial charge in [-0.1, -0.05) is 30.3 Å². The van der Waals surface area contributed by atoms with Crippen LogP contribution in [0.25, 0.3) is 0 Å². The van der Waals surface area contributed by atoms with Gasteiger partial charge < -0.3 is 10.0 Å². The average molecular weight is 338 g/mol. The van der Waals surface area contributed by atoms with Gasteiger partial charge in [0, 0.05) is 19.0 Å². The number of nitrogens with zero attached hydrogens (tertiary/aromatic N) is 5. The molecule has 4 rings (SSSR count). The fraction of sp³-hybridized carbons (Fsp3) is 0.294. The van der Waals surface area contributed by atoms with Crippen LogP contribution in [-0.2, 0) is 12.1 Å². The van der Waals surface area contributed by atoms with Gasteiger partial charge in [0.2, 0.25) is 0 Å². The maximum atomic E-state index is 12.4. The molecule has 3 heterocycles. The van der Waals surface area contributed by atoms with Crippen LogP contribution in [-0.4, -0.2) is 43.4 Å². The highest BCUT2D eigenvalue weighted by Gasteiger charge is 2.40. The van der Waals surface area contributed by atoms with Crippen LogP contribution >= 0.6 is 0 Å². The predicted octanol–water partition coefficient (Wildman–Crippen LogP) is 0.508. The molecule has 0 aliphatic carbocycles. The van der Waals surface area contributed by atoms with E-state index in [0.717, 1.165) is 5.56 Å². The zero-order valence-corrected chi connectivity index (χ0v) is 13.5. The Kier molecular flexibility index (Phi) is 3.81. The van der Waals surface area contributed by atoms with Crippen molar-refractivity contribution in [2.24, 2.45) is 0 Å². The van der Waals surface area contributed by atoms with Crippen molar-refractivity contribution in [3.63, 3.8) is 0 Å². The van der Waals surface area contributed by atoms with E-state index >= 15 is 0 Å². The summed E-state index contributed by atoms with van der Waals surface area (Å²) in [5.74, 6) is 0. The summed E-state index contributed by atoms with van der Waals surface area (Å²) in [4.78, 5) is 14.3. The Morgan fingerprint density at radius 3 is 2.80 bits per heavy atom. The Bertz CT molecular complexity index is 908. The molecule has 0 amide bonds. The maximum Gasteiger partial charge on any atom is 0.269 e. The molecule has 2 N–H and O–H groups in total. The number of H-pyrrole nitrogens is 1. The lowest BCUT2D eigenvalue weighted by Crippen LogP contribution is -2.32. The van der Waals surface area contributed by atoms with Crippen LogP contribution in [0.1, 0.15) is 17.7 Å². The maximum absolute atomic E-state index is 12.4. The highest BCUT2D eigenvalue weighted by Crippen LogP contribution is 2.32. The Balaban J connectivity index is 1.53. The van der Waals surface area contributed by atoms with Gasteiger partial charge in [-0.2, -0.15) is 20.5 Å². The predicted molar refractivity (Wildman–Crippen MR) is 91.2 cm³/mol. The molecule has 1 fully saturated rings. The monoisotopic (exact) mass is 338 g/mol. The van der Waals surface area contributed by atoms with Gasteiger partial charge >= 0.3 is 0 Å². The number of β-amino-alcohol motifs (C(OH)–C–C–N with tert-alkyl or cyclic N) is 1. The fourth-order valence-electron chi connectivity index (χ4n) is 3.12. The number of aliphatic hydroxyl groups is 1. The Morgan fingerprint density at radius 2 is 2.08 bits per heavy atom. The number of rotatable bonds is 4. The summed E-state index contributed by atoms with van der Waals surface area (Å²) in [6, 6.07) is 11.3. The standard InChI is InChI=1S/C17H18N6O2/c24-16-8-14(9-19-23(16)11-13-4-2-1-3-5-13)22-7-6-17(25,12-22)15-10-18-21-20-15/h1-5,8-10,25H,6-7,11-12H2,(H,18,20,21). The summed E-state index contributed by atoms with van der Waals surface area (Å²) in [5.41, 5.74) is 1.00. The van der Waals surface area contributed by atoms with Crippen LogP contribution in [0.2, 0.25) is 0 Å². The van der Waals surface area contributed by atoms with E-state index in [0.29, 0.717) is 37.4 Å². The molecular weight excluding hydrogens is 320 g/mol. The second kappa shape index (κ2) is 6.14. The number of anilines is 1. The number of benzene rings is 1. The molecular formula is C17H18N6O2. The molecule has 1 aliphatic heterocycles. The van der Waals surface area contributed by atoms with E-state index in [1.807, 2.05) is 35.2 Å². The van der Waals surface area contributed by atoms with Crippen LogP contribution < -0.4 is 10.5 Å². The normalized spacial score (nSPS) is 20.1. The smallest absolute Gasteiger partial charge is 0.269 e. The van der Waals surface area contributed by atoms with Gasteiger partial charge in [-0.25, -0.2) is 4.68 Å². The van der Waals surface area contributed by atoms with Crippen LogP contribution in [0.15, 0.2) is 53.6 Å². The molecule has 0 radical (unpaired) electrons. The van der Waals surface area contributed by atoms with Crippen molar-refractivity contribution in [2.75, 3.05) is 18.0 Å². The van der Waals surface area contributed by atoms with Gasteiger partial charge in [-0.05, 0) is 5.56 Å². The van der Waals surface area contributed by atoms with Gasteiger partial charge in [0.05, 0.1) is 31.2 Å². The van der Waals surface area contributed by atoms with E-state index in [2.05, 4.69) is 20.5 Å². The first-order chi connectivity index (χ1) is 12.1. The van der Waals surface area contributed by atoms with E-state index in [9.17, 15) is 9.90 Å². The van der Waals surface area contributed by atoms with Gasteiger partial charge in [0.1, 0.15) is 11.3 Å². The summed E-state index contributed by atoms with van der Waals surface area (Å²) >= 11 is 0. The lowest BCUT2D eigenvalue weighted by Gasteiger charge is -2.22. The quantitative estimate of drug-likeness (QED) is 0.719. The SMILES string of the molecule is O=c1cc(N2CCC(O)(c3cn[nH]n3)C2)cnn1Cc1ccccc1. The zero-order valence-electron chi connectivity index (χ0n) is 13.5. The van der Waals surface area contributed by atoms with Gasteiger partial charge in [0.25, 0.3) is 5.56 Å². The molecule has 3 aromatic rings. The molecule has 0 bridgehead atoms. The molecule has 25 heavy (non-hydrogen) atoms. The Labute approximate surface area is 143 Å². The van der Waals surface area contributed by atoms with Gasteiger partial charge in [-0.15, -0.1) is 0 Å². The fourth-order valence-corrected chi connectivity index (χ4v) is 3.12. The molecule has 0 spiro atoms. The molecule has 1 unspecified atom stereocenters. The number of hydrogen-bond donors (Lipinski definition) is 2. The first-order valence-corrected chi connectivity index (χ1v) is 8.09. The van der Waals surface area contributed by atoms with E-state index in [4.69, 9.17) is 0 Å². The summed E-state index contributed by atoms with van der Waals surface area (Å²) in [5, 5.41) is 25.3. The van der Waals surface area contributed by atoms with Crippen LogP contribution in [0.5, 0.6) is 0 Å². The minimum absolute atomic E-state index is 0.168. The first kappa shape index (κ1) is 15.5. The summed E-state index contributed by atoms with van der Waals surface area (Å²) in [7, 11) is 0. The molecule has 8 nitrogen and oxygen atoms in total.